The Morgan fingerprint density at radius 1 is 1.06 bits per heavy atom. The lowest BCUT2D eigenvalue weighted by atomic mass is 9.90. The molecule has 8 nitrogen and oxygen atoms in total. The van der Waals surface area contributed by atoms with Crippen LogP contribution in [0, 0.1) is 5.92 Å². The van der Waals surface area contributed by atoms with Crippen molar-refractivity contribution in [2.75, 3.05) is 30.8 Å². The first-order valence-corrected chi connectivity index (χ1v) is 12.8. The average molecular weight is 488 g/mol. The Morgan fingerprint density at radius 2 is 1.94 bits per heavy atom. The molecule has 2 aliphatic heterocycles. The molecule has 0 unspecified atom stereocenters. The molecule has 0 radical (unpaired) electrons. The number of ether oxygens (including phenoxy) is 2. The van der Waals surface area contributed by atoms with Crippen molar-refractivity contribution in [1.82, 2.24) is 15.3 Å². The van der Waals surface area contributed by atoms with Gasteiger partial charge in [0.2, 0.25) is 5.95 Å². The number of amides is 1. The number of nitrogens with zero attached hydrogens (tertiary/aromatic N) is 2. The molecule has 0 saturated heterocycles. The molecular formula is C28H33N5O3. The van der Waals surface area contributed by atoms with Gasteiger partial charge in [0.25, 0.3) is 5.91 Å². The second-order valence-corrected chi connectivity index (χ2v) is 9.49. The highest BCUT2D eigenvalue weighted by Gasteiger charge is 2.16. The summed E-state index contributed by atoms with van der Waals surface area (Å²) in [5.41, 5.74) is 10.5. The Kier molecular flexibility index (Phi) is 7.61. The molecule has 1 aromatic heterocycles. The molecular weight excluding hydrogens is 454 g/mol. The van der Waals surface area contributed by atoms with Gasteiger partial charge in [0.05, 0.1) is 18.9 Å². The van der Waals surface area contributed by atoms with E-state index in [0.29, 0.717) is 55.0 Å². The molecule has 36 heavy (non-hydrogen) atoms. The molecule has 8 heteroatoms. The number of carbonyl (C=O) groups is 1. The predicted octanol–water partition coefficient (Wildman–Crippen LogP) is 5.08. The largest absolute Gasteiger partial charge is 0.493 e. The predicted molar refractivity (Wildman–Crippen MR) is 140 cm³/mol. The van der Waals surface area contributed by atoms with Gasteiger partial charge in [-0.25, -0.2) is 9.97 Å². The Morgan fingerprint density at radius 3 is 2.81 bits per heavy atom. The third-order valence-electron chi connectivity index (χ3n) is 6.77. The zero-order valence-electron chi connectivity index (χ0n) is 20.5. The Hall–Kier alpha value is -3.65. The number of nitrogens with two attached hydrogens (primary N) is 1. The Bertz CT molecular complexity index is 1210. The van der Waals surface area contributed by atoms with Gasteiger partial charge in [-0.15, -0.1) is 0 Å². The number of fused-ring (bicyclic) bond motifs is 8. The first-order valence-electron chi connectivity index (χ1n) is 12.8. The molecule has 2 aromatic carbocycles. The van der Waals surface area contributed by atoms with Crippen LogP contribution in [0.2, 0.25) is 0 Å². The molecule has 6 bridgehead atoms. The van der Waals surface area contributed by atoms with Crippen LogP contribution in [-0.2, 0) is 11.3 Å². The lowest BCUT2D eigenvalue weighted by Gasteiger charge is -2.22. The molecule has 3 aliphatic rings. The normalized spacial score (nSPS) is 16.9. The van der Waals surface area contributed by atoms with Gasteiger partial charge >= 0.3 is 0 Å². The van der Waals surface area contributed by atoms with E-state index >= 15 is 0 Å². The highest BCUT2D eigenvalue weighted by Crippen LogP contribution is 2.30. The van der Waals surface area contributed by atoms with E-state index in [1.807, 2.05) is 24.3 Å². The van der Waals surface area contributed by atoms with E-state index in [9.17, 15) is 4.79 Å². The van der Waals surface area contributed by atoms with Crippen LogP contribution in [0.5, 0.6) is 5.75 Å². The van der Waals surface area contributed by atoms with Gasteiger partial charge in [-0.3, -0.25) is 4.79 Å². The van der Waals surface area contributed by atoms with Crippen LogP contribution in [-0.4, -0.2) is 35.6 Å². The van der Waals surface area contributed by atoms with Crippen LogP contribution < -0.4 is 21.1 Å². The molecule has 1 fully saturated rings. The maximum Gasteiger partial charge on any atom is 0.251 e. The topological polar surface area (TPSA) is 111 Å². The van der Waals surface area contributed by atoms with Crippen LogP contribution in [0.3, 0.4) is 0 Å². The average Bonchev–Trinajstić information content (AvgIpc) is 2.90. The van der Waals surface area contributed by atoms with Crippen molar-refractivity contribution in [1.29, 1.82) is 0 Å². The summed E-state index contributed by atoms with van der Waals surface area (Å²) in [6, 6.07) is 13.1. The van der Waals surface area contributed by atoms with E-state index in [2.05, 4.69) is 20.6 Å². The highest BCUT2D eigenvalue weighted by atomic mass is 16.5. The Balaban J connectivity index is 1.41. The van der Waals surface area contributed by atoms with Crippen molar-refractivity contribution >= 4 is 23.2 Å². The number of aromatic nitrogens is 2. The van der Waals surface area contributed by atoms with Crippen molar-refractivity contribution < 1.29 is 14.3 Å². The van der Waals surface area contributed by atoms with E-state index < -0.39 is 0 Å². The maximum absolute atomic E-state index is 12.5. The van der Waals surface area contributed by atoms with Crippen LogP contribution in [0.25, 0.3) is 11.3 Å². The minimum atomic E-state index is -0.162. The molecule has 0 atom stereocenters. The molecule has 3 aromatic rings. The number of hydrogen-bond donors (Lipinski definition) is 3. The van der Waals surface area contributed by atoms with Crippen molar-refractivity contribution in [3.8, 4) is 17.0 Å². The summed E-state index contributed by atoms with van der Waals surface area (Å²) < 4.78 is 12.2. The number of benzene rings is 2. The summed E-state index contributed by atoms with van der Waals surface area (Å²) in [5.74, 6) is 1.75. The van der Waals surface area contributed by atoms with Gasteiger partial charge in [-0.1, -0.05) is 19.3 Å². The SMILES string of the molecule is Nc1cc2ccc1-c1ccnc(n1)Nc1ccc(OCC3CCCCC3)c(c1)COCCCNC2=O. The second-order valence-electron chi connectivity index (χ2n) is 9.49. The molecule has 4 N–H and O–H groups in total. The van der Waals surface area contributed by atoms with Crippen molar-refractivity contribution in [3.05, 3.63) is 59.8 Å². The van der Waals surface area contributed by atoms with Crippen molar-refractivity contribution in [2.45, 2.75) is 45.1 Å². The fraction of sp³-hybridized carbons (Fsp3) is 0.393. The lowest BCUT2D eigenvalue weighted by molar-refractivity contribution is 0.0932. The quantitative estimate of drug-likeness (QED) is 0.442. The van der Waals surface area contributed by atoms with Crippen LogP contribution in [0.1, 0.15) is 54.4 Å². The summed E-state index contributed by atoms with van der Waals surface area (Å²) >= 11 is 0. The van der Waals surface area contributed by atoms with Gasteiger partial charge in [0, 0.05) is 47.4 Å². The van der Waals surface area contributed by atoms with Gasteiger partial charge < -0.3 is 25.8 Å². The minimum Gasteiger partial charge on any atom is -0.493 e. The summed E-state index contributed by atoms with van der Waals surface area (Å²) in [5, 5.41) is 6.24. The highest BCUT2D eigenvalue weighted by molar-refractivity contribution is 5.96. The molecule has 6 rings (SSSR count). The van der Waals surface area contributed by atoms with E-state index in [-0.39, 0.29) is 5.91 Å². The number of nitrogens with one attached hydrogen (secondary N) is 2. The zero-order chi connectivity index (χ0) is 24.7. The summed E-state index contributed by atoms with van der Waals surface area (Å²) in [6.45, 7) is 2.19. The zero-order valence-corrected chi connectivity index (χ0v) is 20.5. The molecule has 1 aliphatic carbocycles. The number of hydrogen-bond acceptors (Lipinski definition) is 7. The second kappa shape index (κ2) is 11.4. The van der Waals surface area contributed by atoms with E-state index in [1.54, 1.807) is 24.4 Å². The molecule has 188 valence electrons. The van der Waals surface area contributed by atoms with Gasteiger partial charge in [-0.05, 0) is 67.6 Å². The van der Waals surface area contributed by atoms with Crippen LogP contribution in [0.4, 0.5) is 17.3 Å². The lowest BCUT2D eigenvalue weighted by Crippen LogP contribution is -2.25. The number of carbonyl (C=O) groups excluding carboxylic acids is 1. The van der Waals surface area contributed by atoms with Crippen molar-refractivity contribution in [2.24, 2.45) is 5.92 Å². The number of anilines is 3. The van der Waals surface area contributed by atoms with E-state index in [1.165, 1.54) is 32.1 Å². The fourth-order valence-corrected chi connectivity index (χ4v) is 4.77. The summed E-state index contributed by atoms with van der Waals surface area (Å²) in [6.07, 6.45) is 8.77. The van der Waals surface area contributed by atoms with Crippen LogP contribution >= 0.6 is 0 Å². The van der Waals surface area contributed by atoms with Gasteiger partial charge in [-0.2, -0.15) is 0 Å². The summed E-state index contributed by atoms with van der Waals surface area (Å²) in [7, 11) is 0. The third kappa shape index (κ3) is 5.94. The molecule has 3 heterocycles. The van der Waals surface area contributed by atoms with Crippen LogP contribution in [0.15, 0.2) is 48.7 Å². The standard InChI is InChI=1S/C28H33N5O3/c29-24-16-20-7-9-23(24)25-11-13-31-28(33-25)32-22-8-10-26(36-17-19-5-2-1-3-6-19)21(15-22)18-35-14-4-12-30-27(20)34/h7-11,13,15-16,19H,1-6,12,14,17-18,29H2,(H,30,34)(H,31,32,33). The minimum absolute atomic E-state index is 0.162. The smallest absolute Gasteiger partial charge is 0.251 e. The summed E-state index contributed by atoms with van der Waals surface area (Å²) in [4.78, 5) is 21.6. The third-order valence-corrected chi connectivity index (χ3v) is 6.77. The maximum atomic E-state index is 12.5. The van der Waals surface area contributed by atoms with E-state index in [0.717, 1.165) is 29.2 Å². The fourth-order valence-electron chi connectivity index (χ4n) is 4.77. The number of nitrogen functional groups attached to an aromatic ring is 1. The van der Waals surface area contributed by atoms with E-state index in [4.69, 9.17) is 15.2 Å². The molecule has 1 saturated carbocycles. The molecule has 1 amide bonds. The first kappa shape index (κ1) is 24.1. The molecule has 0 spiro atoms. The first-order chi connectivity index (χ1) is 17.7. The Labute approximate surface area is 211 Å². The van der Waals surface area contributed by atoms with Gasteiger partial charge in [0.15, 0.2) is 0 Å². The monoisotopic (exact) mass is 487 g/mol. The number of rotatable bonds is 3. The van der Waals surface area contributed by atoms with Gasteiger partial charge in [0.1, 0.15) is 5.75 Å². The van der Waals surface area contributed by atoms with Crippen molar-refractivity contribution in [3.63, 3.8) is 0 Å².